The zero-order chi connectivity index (χ0) is 14.5. The third-order valence-corrected chi connectivity index (χ3v) is 3.68. The number of carbonyl (C=O) groups is 1. The molecule has 19 heavy (non-hydrogen) atoms. The molecule has 0 bridgehead atoms. The first-order chi connectivity index (χ1) is 8.87. The van der Waals surface area contributed by atoms with Gasteiger partial charge < -0.3 is 9.84 Å². The Hall–Kier alpha value is -1.60. The molecule has 0 aliphatic carbocycles. The van der Waals surface area contributed by atoms with Gasteiger partial charge in [0.25, 0.3) is 0 Å². The molecule has 0 saturated heterocycles. The van der Waals surface area contributed by atoms with Gasteiger partial charge in [0.1, 0.15) is 0 Å². The lowest BCUT2D eigenvalue weighted by atomic mass is 10.1. The predicted molar refractivity (Wildman–Crippen MR) is 72.0 cm³/mol. The van der Waals surface area contributed by atoms with E-state index in [1.165, 1.54) is 6.07 Å². The lowest BCUT2D eigenvalue weighted by Gasteiger charge is -2.13. The molecule has 0 aromatic heterocycles. The van der Waals surface area contributed by atoms with Crippen molar-refractivity contribution in [1.82, 2.24) is 0 Å². The molecule has 0 atom stereocenters. The van der Waals surface area contributed by atoms with Crippen LogP contribution in [0.1, 0.15) is 22.8 Å². The van der Waals surface area contributed by atoms with Gasteiger partial charge in [0.2, 0.25) is 10.0 Å². The number of para-hydroxylation sites is 1. The lowest BCUT2D eigenvalue weighted by molar-refractivity contribution is 0.0698. The Kier molecular flexibility index (Phi) is 5.31. The summed E-state index contributed by atoms with van der Waals surface area (Å²) in [5.74, 6) is -1.39. The molecule has 2 N–H and O–H groups in total. The van der Waals surface area contributed by atoms with Crippen LogP contribution >= 0.6 is 0 Å². The van der Waals surface area contributed by atoms with Gasteiger partial charge in [-0.3, -0.25) is 4.72 Å². The van der Waals surface area contributed by atoms with Gasteiger partial charge in [-0.2, -0.15) is 0 Å². The molecule has 0 heterocycles. The summed E-state index contributed by atoms with van der Waals surface area (Å²) in [6.45, 7) is 3.91. The molecule has 106 valence electrons. The second kappa shape index (κ2) is 6.53. The minimum absolute atomic E-state index is 0.0695. The van der Waals surface area contributed by atoms with Gasteiger partial charge in [0, 0.05) is 6.61 Å². The fraction of sp³-hybridized carbons (Fsp3) is 0.417. The Balaban J connectivity index is 2.95. The third-order valence-electron chi connectivity index (χ3n) is 2.46. The summed E-state index contributed by atoms with van der Waals surface area (Å²) in [6, 6.07) is 4.57. The summed E-state index contributed by atoms with van der Waals surface area (Å²) in [7, 11) is -3.62. The number of ether oxygens (including phenoxy) is 1. The Morgan fingerprint density at radius 1 is 1.42 bits per heavy atom. The molecule has 0 amide bonds. The van der Waals surface area contributed by atoms with Crippen LogP contribution in [-0.2, 0) is 14.8 Å². The van der Waals surface area contributed by atoms with E-state index in [0.717, 1.165) is 0 Å². The summed E-state index contributed by atoms with van der Waals surface area (Å²) in [5.41, 5.74) is 0.589. The quantitative estimate of drug-likeness (QED) is 0.741. The number of hydrogen-bond donors (Lipinski definition) is 2. The minimum Gasteiger partial charge on any atom is -0.478 e. The average Bonchev–Trinajstić information content (AvgIpc) is 2.31. The van der Waals surface area contributed by atoms with Crippen molar-refractivity contribution >= 4 is 21.7 Å². The SMILES string of the molecule is CCOCCS(=O)(=O)Nc1c(C)cccc1C(=O)O. The van der Waals surface area contributed by atoms with Gasteiger partial charge in [-0.1, -0.05) is 12.1 Å². The fourth-order valence-corrected chi connectivity index (χ4v) is 2.52. The molecule has 0 saturated carbocycles. The van der Waals surface area contributed by atoms with Gasteiger partial charge in [-0.25, -0.2) is 13.2 Å². The van der Waals surface area contributed by atoms with E-state index in [2.05, 4.69) is 4.72 Å². The molecular weight excluding hydrogens is 270 g/mol. The van der Waals surface area contributed by atoms with Crippen molar-refractivity contribution in [2.45, 2.75) is 13.8 Å². The first-order valence-corrected chi connectivity index (χ1v) is 7.43. The standard InChI is InChI=1S/C12H17NO5S/c1-3-18-7-8-19(16,17)13-11-9(2)5-4-6-10(11)12(14)15/h4-6,13H,3,7-8H2,1-2H3,(H,14,15). The molecule has 0 radical (unpaired) electrons. The first-order valence-electron chi connectivity index (χ1n) is 5.78. The van der Waals surface area contributed by atoms with Gasteiger partial charge >= 0.3 is 5.97 Å². The number of hydrogen-bond acceptors (Lipinski definition) is 4. The van der Waals surface area contributed by atoms with Crippen molar-refractivity contribution in [3.8, 4) is 0 Å². The third kappa shape index (κ3) is 4.53. The molecule has 6 nitrogen and oxygen atoms in total. The number of anilines is 1. The maximum atomic E-state index is 11.8. The van der Waals surface area contributed by atoms with E-state index in [1.54, 1.807) is 26.0 Å². The van der Waals surface area contributed by atoms with Crippen molar-refractivity contribution in [3.63, 3.8) is 0 Å². The number of aryl methyl sites for hydroxylation is 1. The number of sulfonamides is 1. The number of benzene rings is 1. The van der Waals surface area contributed by atoms with Gasteiger partial charge in [-0.05, 0) is 25.5 Å². The average molecular weight is 287 g/mol. The first kappa shape index (κ1) is 15.5. The van der Waals surface area contributed by atoms with Gasteiger partial charge in [-0.15, -0.1) is 0 Å². The van der Waals surface area contributed by atoms with Crippen molar-refractivity contribution in [3.05, 3.63) is 29.3 Å². The van der Waals surface area contributed by atoms with E-state index in [9.17, 15) is 13.2 Å². The molecule has 1 aromatic carbocycles. The van der Waals surface area contributed by atoms with E-state index < -0.39 is 16.0 Å². The van der Waals surface area contributed by atoms with Crippen LogP contribution in [0, 0.1) is 6.92 Å². The summed E-state index contributed by atoms with van der Waals surface area (Å²) >= 11 is 0. The van der Waals surface area contributed by atoms with Crippen LogP contribution in [0.5, 0.6) is 0 Å². The normalized spacial score (nSPS) is 11.3. The van der Waals surface area contributed by atoms with E-state index in [4.69, 9.17) is 9.84 Å². The number of carboxylic acids is 1. The summed E-state index contributed by atoms with van der Waals surface area (Å²) in [5, 5.41) is 9.04. The second-order valence-corrected chi connectivity index (χ2v) is 5.76. The molecular formula is C12H17NO5S. The number of carboxylic acid groups (broad SMARTS) is 1. The molecule has 0 aliphatic heterocycles. The number of aromatic carboxylic acids is 1. The highest BCUT2D eigenvalue weighted by Crippen LogP contribution is 2.21. The largest absolute Gasteiger partial charge is 0.478 e. The molecule has 0 aliphatic rings. The Morgan fingerprint density at radius 3 is 2.68 bits per heavy atom. The van der Waals surface area contributed by atoms with Crippen LogP contribution in [0.15, 0.2) is 18.2 Å². The Morgan fingerprint density at radius 2 is 2.11 bits per heavy atom. The van der Waals surface area contributed by atoms with E-state index >= 15 is 0 Å². The van der Waals surface area contributed by atoms with Crippen molar-refractivity contribution in [2.24, 2.45) is 0 Å². The summed E-state index contributed by atoms with van der Waals surface area (Å²) in [6.07, 6.45) is 0. The topological polar surface area (TPSA) is 92.7 Å². The fourth-order valence-electron chi connectivity index (χ4n) is 1.50. The van der Waals surface area contributed by atoms with Gasteiger partial charge in [0.05, 0.1) is 23.6 Å². The van der Waals surface area contributed by atoms with Gasteiger partial charge in [0.15, 0.2) is 0 Å². The monoisotopic (exact) mass is 287 g/mol. The maximum Gasteiger partial charge on any atom is 0.337 e. The highest BCUT2D eigenvalue weighted by Gasteiger charge is 2.17. The molecule has 1 rings (SSSR count). The van der Waals surface area contributed by atoms with E-state index in [1.807, 2.05) is 0 Å². The highest BCUT2D eigenvalue weighted by atomic mass is 32.2. The van der Waals surface area contributed by atoms with Crippen molar-refractivity contribution < 1.29 is 23.1 Å². The second-order valence-electron chi connectivity index (χ2n) is 3.92. The predicted octanol–water partition coefficient (Wildman–Crippen LogP) is 1.47. The Bertz CT molecular complexity index is 553. The highest BCUT2D eigenvalue weighted by molar-refractivity contribution is 7.92. The van der Waals surface area contributed by atoms with Crippen LogP contribution in [0.3, 0.4) is 0 Å². The number of nitrogens with one attached hydrogen (secondary N) is 1. The van der Waals surface area contributed by atoms with E-state index in [0.29, 0.717) is 12.2 Å². The maximum absolute atomic E-state index is 11.8. The van der Waals surface area contributed by atoms with Crippen LogP contribution in [-0.4, -0.2) is 38.5 Å². The molecule has 7 heteroatoms. The van der Waals surface area contributed by atoms with Crippen LogP contribution < -0.4 is 4.72 Å². The van der Waals surface area contributed by atoms with Crippen molar-refractivity contribution in [2.75, 3.05) is 23.7 Å². The lowest BCUT2D eigenvalue weighted by Crippen LogP contribution is -2.22. The zero-order valence-corrected chi connectivity index (χ0v) is 11.7. The zero-order valence-electron chi connectivity index (χ0n) is 10.8. The molecule has 0 spiro atoms. The van der Waals surface area contributed by atoms with Crippen molar-refractivity contribution in [1.29, 1.82) is 0 Å². The molecule has 0 unspecified atom stereocenters. The number of rotatable bonds is 7. The van der Waals surface area contributed by atoms with Crippen LogP contribution in [0.2, 0.25) is 0 Å². The smallest absolute Gasteiger partial charge is 0.337 e. The Labute approximate surface area is 112 Å². The summed E-state index contributed by atoms with van der Waals surface area (Å²) < 4.78 is 30.9. The van der Waals surface area contributed by atoms with Crippen LogP contribution in [0.4, 0.5) is 5.69 Å². The van der Waals surface area contributed by atoms with Crippen LogP contribution in [0.25, 0.3) is 0 Å². The minimum atomic E-state index is -3.62. The molecule has 1 aromatic rings. The summed E-state index contributed by atoms with van der Waals surface area (Å²) in [4.78, 5) is 11.1. The molecule has 0 fully saturated rings. The van der Waals surface area contributed by atoms with E-state index in [-0.39, 0.29) is 23.6 Å².